The molecule has 2 aromatic rings. The molecule has 0 bridgehead atoms. The zero-order valence-corrected chi connectivity index (χ0v) is 14.8. The molecule has 0 saturated heterocycles. The number of hydrogen-bond donors (Lipinski definition) is 2. The minimum Gasteiger partial charge on any atom is -0.486 e. The van der Waals surface area contributed by atoms with Gasteiger partial charge >= 0.3 is 0 Å². The number of carbonyl (C=O) groups excluding carboxylic acids is 2. The Labute approximate surface area is 151 Å². The highest BCUT2D eigenvalue weighted by Gasteiger charge is 2.24. The van der Waals surface area contributed by atoms with E-state index < -0.39 is 11.9 Å². The molecule has 0 saturated carbocycles. The predicted molar refractivity (Wildman–Crippen MR) is 95.5 cm³/mol. The summed E-state index contributed by atoms with van der Waals surface area (Å²) in [5.74, 6) is 0.926. The number of fused-ring (bicyclic) bond motifs is 1. The molecule has 2 N–H and O–H groups in total. The number of rotatable bonds is 6. The van der Waals surface area contributed by atoms with Gasteiger partial charge in [0.15, 0.2) is 17.3 Å². The first kappa shape index (κ1) is 17.8. The van der Waals surface area contributed by atoms with Crippen LogP contribution in [0.15, 0.2) is 41.0 Å². The molecule has 0 spiro atoms. The van der Waals surface area contributed by atoms with Gasteiger partial charge in [-0.25, -0.2) is 0 Å². The van der Waals surface area contributed by atoms with E-state index in [4.69, 9.17) is 13.9 Å². The maximum Gasteiger partial charge on any atom is 0.287 e. The van der Waals surface area contributed by atoms with Crippen LogP contribution >= 0.6 is 0 Å². The van der Waals surface area contributed by atoms with E-state index in [1.54, 1.807) is 30.3 Å². The highest BCUT2D eigenvalue weighted by Crippen LogP contribution is 2.32. The van der Waals surface area contributed by atoms with Gasteiger partial charge in [-0.3, -0.25) is 9.59 Å². The third-order valence-electron chi connectivity index (χ3n) is 3.88. The van der Waals surface area contributed by atoms with E-state index >= 15 is 0 Å². The smallest absolute Gasteiger partial charge is 0.287 e. The highest BCUT2D eigenvalue weighted by molar-refractivity contribution is 6.00. The first-order valence-corrected chi connectivity index (χ1v) is 8.58. The van der Waals surface area contributed by atoms with Crippen molar-refractivity contribution in [2.24, 2.45) is 5.92 Å². The molecule has 1 aliphatic heterocycles. The van der Waals surface area contributed by atoms with Gasteiger partial charge in [0.1, 0.15) is 19.3 Å². The summed E-state index contributed by atoms with van der Waals surface area (Å²) in [5, 5.41) is 5.56. The van der Waals surface area contributed by atoms with Crippen LogP contribution in [0.3, 0.4) is 0 Å². The van der Waals surface area contributed by atoms with Gasteiger partial charge in [0.05, 0.1) is 6.26 Å². The van der Waals surface area contributed by atoms with E-state index in [0.717, 1.165) is 0 Å². The lowest BCUT2D eigenvalue weighted by atomic mass is 10.0. The minimum absolute atomic E-state index is 0.172. The summed E-state index contributed by atoms with van der Waals surface area (Å²) in [4.78, 5) is 24.9. The molecule has 26 heavy (non-hydrogen) atoms. The second kappa shape index (κ2) is 7.95. The first-order valence-electron chi connectivity index (χ1n) is 8.58. The Morgan fingerprint density at radius 2 is 1.88 bits per heavy atom. The number of benzene rings is 1. The number of amides is 2. The fourth-order valence-electron chi connectivity index (χ4n) is 2.69. The number of anilines is 1. The molecular formula is C19H22N2O5. The van der Waals surface area contributed by atoms with Crippen LogP contribution in [0.2, 0.25) is 0 Å². The lowest BCUT2D eigenvalue weighted by Gasteiger charge is -2.21. The van der Waals surface area contributed by atoms with Crippen molar-refractivity contribution in [1.29, 1.82) is 0 Å². The van der Waals surface area contributed by atoms with Crippen LogP contribution in [0.5, 0.6) is 11.5 Å². The molecular weight excluding hydrogens is 336 g/mol. The maximum absolute atomic E-state index is 12.7. The van der Waals surface area contributed by atoms with Crippen LogP contribution < -0.4 is 20.1 Å². The molecule has 1 aromatic heterocycles. The minimum atomic E-state index is -0.680. The quantitative estimate of drug-likeness (QED) is 0.829. The van der Waals surface area contributed by atoms with Crippen LogP contribution in [0, 0.1) is 5.92 Å². The molecule has 1 aliphatic rings. The molecule has 2 heterocycles. The molecule has 7 nitrogen and oxygen atoms in total. The predicted octanol–water partition coefficient (Wildman–Crippen LogP) is 2.83. The second-order valence-electron chi connectivity index (χ2n) is 6.48. The molecule has 138 valence electrons. The molecule has 0 aliphatic carbocycles. The van der Waals surface area contributed by atoms with Gasteiger partial charge in [-0.15, -0.1) is 0 Å². The molecule has 0 unspecified atom stereocenters. The summed E-state index contributed by atoms with van der Waals surface area (Å²) in [6.45, 7) is 4.96. The summed E-state index contributed by atoms with van der Waals surface area (Å²) in [6, 6.07) is 7.71. The number of nitrogens with one attached hydrogen (secondary N) is 2. The van der Waals surface area contributed by atoms with E-state index in [0.29, 0.717) is 36.8 Å². The molecule has 3 rings (SSSR count). The fraction of sp³-hybridized carbons (Fsp3) is 0.368. The van der Waals surface area contributed by atoms with Gasteiger partial charge < -0.3 is 24.5 Å². The van der Waals surface area contributed by atoms with Crippen molar-refractivity contribution in [2.75, 3.05) is 18.5 Å². The van der Waals surface area contributed by atoms with E-state index in [-0.39, 0.29) is 17.6 Å². The largest absolute Gasteiger partial charge is 0.486 e. The van der Waals surface area contributed by atoms with Crippen molar-refractivity contribution >= 4 is 17.5 Å². The Balaban J connectivity index is 1.69. The summed E-state index contributed by atoms with van der Waals surface area (Å²) in [7, 11) is 0. The number of carbonyl (C=O) groups is 2. The zero-order valence-electron chi connectivity index (χ0n) is 14.8. The average Bonchev–Trinajstić information content (AvgIpc) is 3.15. The van der Waals surface area contributed by atoms with Crippen molar-refractivity contribution in [3.8, 4) is 11.5 Å². The molecule has 2 amide bonds. The van der Waals surface area contributed by atoms with Crippen LogP contribution in [0.1, 0.15) is 30.8 Å². The van der Waals surface area contributed by atoms with Crippen LogP contribution in [0.25, 0.3) is 0 Å². The summed E-state index contributed by atoms with van der Waals surface area (Å²) >= 11 is 0. The van der Waals surface area contributed by atoms with Crippen LogP contribution in [-0.2, 0) is 4.79 Å². The van der Waals surface area contributed by atoms with Crippen molar-refractivity contribution in [3.63, 3.8) is 0 Å². The monoisotopic (exact) mass is 358 g/mol. The number of furan rings is 1. The molecule has 1 atom stereocenters. The Hall–Kier alpha value is -2.96. The summed E-state index contributed by atoms with van der Waals surface area (Å²) in [5.41, 5.74) is 0.584. The molecule has 1 aromatic carbocycles. The fourth-order valence-corrected chi connectivity index (χ4v) is 2.69. The standard InChI is InChI=1S/C19H22N2O5/c1-12(2)10-14(21-19(23)16-4-3-7-24-16)18(22)20-13-5-6-15-17(11-13)26-9-8-25-15/h3-7,11-12,14H,8-10H2,1-2H3,(H,20,22)(H,21,23)/t14-/m1/s1. The summed E-state index contributed by atoms with van der Waals surface area (Å²) < 4.78 is 16.1. The Kier molecular flexibility index (Phi) is 5.46. The average molecular weight is 358 g/mol. The van der Waals surface area contributed by atoms with Gasteiger partial charge in [0.2, 0.25) is 5.91 Å². The van der Waals surface area contributed by atoms with Crippen molar-refractivity contribution in [2.45, 2.75) is 26.3 Å². The van der Waals surface area contributed by atoms with Crippen molar-refractivity contribution in [3.05, 3.63) is 42.4 Å². The van der Waals surface area contributed by atoms with E-state index in [1.807, 2.05) is 13.8 Å². The molecule has 0 radical (unpaired) electrons. The lowest BCUT2D eigenvalue weighted by molar-refractivity contribution is -0.118. The van der Waals surface area contributed by atoms with Gasteiger partial charge in [0.25, 0.3) is 5.91 Å². The molecule has 0 fully saturated rings. The Morgan fingerprint density at radius 1 is 1.12 bits per heavy atom. The van der Waals surface area contributed by atoms with Gasteiger partial charge in [-0.1, -0.05) is 13.8 Å². The van der Waals surface area contributed by atoms with Crippen molar-refractivity contribution in [1.82, 2.24) is 5.32 Å². The van der Waals surface area contributed by atoms with Crippen LogP contribution in [0.4, 0.5) is 5.69 Å². The van der Waals surface area contributed by atoms with E-state index in [9.17, 15) is 9.59 Å². The third kappa shape index (κ3) is 4.36. The van der Waals surface area contributed by atoms with E-state index in [2.05, 4.69) is 10.6 Å². The van der Waals surface area contributed by atoms with Gasteiger partial charge in [-0.2, -0.15) is 0 Å². The van der Waals surface area contributed by atoms with Crippen LogP contribution in [-0.4, -0.2) is 31.1 Å². The number of ether oxygens (including phenoxy) is 2. The summed E-state index contributed by atoms with van der Waals surface area (Å²) in [6.07, 6.45) is 1.92. The van der Waals surface area contributed by atoms with E-state index in [1.165, 1.54) is 6.26 Å². The van der Waals surface area contributed by atoms with Crippen molar-refractivity contribution < 1.29 is 23.5 Å². The third-order valence-corrected chi connectivity index (χ3v) is 3.88. The Bertz CT molecular complexity index is 770. The Morgan fingerprint density at radius 3 is 2.58 bits per heavy atom. The SMILES string of the molecule is CC(C)C[C@@H](NC(=O)c1ccco1)C(=O)Nc1ccc2c(c1)OCCO2. The lowest BCUT2D eigenvalue weighted by Crippen LogP contribution is -2.44. The van der Waals surface area contributed by atoms with Gasteiger partial charge in [0, 0.05) is 11.8 Å². The normalized spacial score (nSPS) is 14.0. The number of hydrogen-bond acceptors (Lipinski definition) is 5. The molecule has 7 heteroatoms. The first-order chi connectivity index (χ1) is 12.5. The second-order valence-corrected chi connectivity index (χ2v) is 6.48. The van der Waals surface area contributed by atoms with Gasteiger partial charge in [-0.05, 0) is 36.6 Å². The topological polar surface area (TPSA) is 89.8 Å². The maximum atomic E-state index is 12.7. The highest BCUT2D eigenvalue weighted by atomic mass is 16.6. The zero-order chi connectivity index (χ0) is 18.5.